The first-order valence-electron chi connectivity index (χ1n) is 6.89. The molecule has 3 N–H and O–H groups in total. The molecule has 0 heterocycles. The molecule has 0 aliphatic rings. The molecule has 0 bridgehead atoms. The predicted molar refractivity (Wildman–Crippen MR) is 79.8 cm³/mol. The maximum absolute atomic E-state index is 12.6. The van der Waals surface area contributed by atoms with Crippen molar-refractivity contribution in [1.29, 1.82) is 0 Å². The molecule has 0 saturated carbocycles. The number of para-hydroxylation sites is 1. The van der Waals surface area contributed by atoms with Crippen LogP contribution < -0.4 is 10.5 Å². The van der Waals surface area contributed by atoms with Gasteiger partial charge in [0.15, 0.2) is 0 Å². The van der Waals surface area contributed by atoms with Gasteiger partial charge < -0.3 is 10.5 Å². The predicted octanol–water partition coefficient (Wildman–Crippen LogP) is 4.42. The van der Waals surface area contributed by atoms with Crippen molar-refractivity contribution in [2.75, 3.05) is 0 Å². The topological polar surface area (TPSA) is 36.9 Å². The molecular weight excluding hydrogens is 291 g/mol. The molecular formula is C17H19F3NO+. The molecule has 22 heavy (non-hydrogen) atoms. The molecule has 2 rings (SSSR count). The average molecular weight is 310 g/mol. The molecule has 0 atom stereocenters. The first-order chi connectivity index (χ1) is 10.1. The molecule has 2 aromatic carbocycles. The van der Waals surface area contributed by atoms with Crippen LogP contribution in [0.4, 0.5) is 18.9 Å². The maximum Gasteiger partial charge on any atom is 0.573 e. The van der Waals surface area contributed by atoms with E-state index in [-0.39, 0.29) is 11.2 Å². The van der Waals surface area contributed by atoms with Gasteiger partial charge in [0.25, 0.3) is 0 Å². The molecule has 0 radical (unpaired) electrons. The molecule has 0 amide bonds. The molecule has 0 unspecified atom stereocenters. The quantitative estimate of drug-likeness (QED) is 0.875. The Hall–Kier alpha value is -2.01. The van der Waals surface area contributed by atoms with Gasteiger partial charge in [0.1, 0.15) is 11.4 Å². The van der Waals surface area contributed by atoms with Crippen LogP contribution in [0.5, 0.6) is 5.75 Å². The highest BCUT2D eigenvalue weighted by molar-refractivity contribution is 5.78. The Balaban J connectivity index is 2.57. The molecule has 0 aromatic heterocycles. The maximum atomic E-state index is 12.6. The lowest BCUT2D eigenvalue weighted by Gasteiger charge is -2.21. The van der Waals surface area contributed by atoms with Crippen molar-refractivity contribution in [3.05, 3.63) is 48.0 Å². The molecule has 0 saturated heterocycles. The van der Waals surface area contributed by atoms with Crippen LogP contribution in [0.15, 0.2) is 42.5 Å². The smallest absolute Gasteiger partial charge is 0.405 e. The van der Waals surface area contributed by atoms with E-state index < -0.39 is 6.36 Å². The number of hydrogen-bond acceptors (Lipinski definition) is 1. The van der Waals surface area contributed by atoms with Crippen LogP contribution >= 0.6 is 0 Å². The summed E-state index contributed by atoms with van der Waals surface area (Å²) in [4.78, 5) is 0. The summed E-state index contributed by atoms with van der Waals surface area (Å²) in [5.74, 6) is -0.217. The number of halogens is 3. The highest BCUT2D eigenvalue weighted by Gasteiger charge is 2.32. The number of rotatable bonds is 2. The fraction of sp³-hybridized carbons (Fsp3) is 0.294. The summed E-state index contributed by atoms with van der Waals surface area (Å²) >= 11 is 0. The minimum Gasteiger partial charge on any atom is -0.405 e. The molecule has 118 valence electrons. The molecule has 2 aromatic rings. The Labute approximate surface area is 127 Å². The molecule has 2 nitrogen and oxygen atoms in total. The fourth-order valence-electron chi connectivity index (χ4n) is 2.20. The monoisotopic (exact) mass is 310 g/mol. The Morgan fingerprint density at radius 2 is 1.55 bits per heavy atom. The summed E-state index contributed by atoms with van der Waals surface area (Å²) in [7, 11) is 0. The van der Waals surface area contributed by atoms with E-state index in [1.807, 2.05) is 39.0 Å². The summed E-state index contributed by atoms with van der Waals surface area (Å²) in [6.45, 7) is 6.15. The van der Waals surface area contributed by atoms with Crippen LogP contribution in [-0.4, -0.2) is 6.36 Å². The first kappa shape index (κ1) is 16.4. The van der Waals surface area contributed by atoms with Crippen LogP contribution in [0, 0.1) is 0 Å². The number of alkyl halides is 3. The standard InChI is InChI=1S/C17H18F3NO/c1-16(2,3)11-8-9-14(21)13(10-11)12-6-4-5-7-15(12)22-17(18,19)20/h4-10H,21H2,1-3H3/p+1. The molecule has 0 aliphatic heterocycles. The zero-order valence-electron chi connectivity index (χ0n) is 12.8. The zero-order valence-corrected chi connectivity index (χ0v) is 12.8. The van der Waals surface area contributed by atoms with E-state index in [4.69, 9.17) is 0 Å². The van der Waals surface area contributed by atoms with Crippen LogP contribution in [0.1, 0.15) is 26.3 Å². The van der Waals surface area contributed by atoms with Crippen molar-refractivity contribution in [3.63, 3.8) is 0 Å². The zero-order chi connectivity index (χ0) is 16.5. The van der Waals surface area contributed by atoms with Crippen LogP contribution in [0.3, 0.4) is 0 Å². The van der Waals surface area contributed by atoms with Crippen molar-refractivity contribution in [1.82, 2.24) is 0 Å². The van der Waals surface area contributed by atoms with Gasteiger partial charge >= 0.3 is 6.36 Å². The van der Waals surface area contributed by atoms with Gasteiger partial charge in [-0.15, -0.1) is 13.2 Å². The summed E-state index contributed by atoms with van der Waals surface area (Å²) in [6.07, 6.45) is -4.72. The van der Waals surface area contributed by atoms with E-state index in [1.54, 1.807) is 12.1 Å². The third-order valence-corrected chi connectivity index (χ3v) is 3.38. The highest BCUT2D eigenvalue weighted by atomic mass is 19.4. The third kappa shape index (κ3) is 3.80. The van der Waals surface area contributed by atoms with Crippen LogP contribution in [-0.2, 0) is 5.41 Å². The summed E-state index contributed by atoms with van der Waals surface area (Å²) < 4.78 is 41.8. The normalized spacial score (nSPS) is 12.3. The number of hydrogen-bond donors (Lipinski definition) is 1. The van der Waals surface area contributed by atoms with Gasteiger partial charge in [0.2, 0.25) is 0 Å². The third-order valence-electron chi connectivity index (χ3n) is 3.38. The minimum atomic E-state index is -4.72. The van der Waals surface area contributed by atoms with Gasteiger partial charge in [-0.25, -0.2) is 0 Å². The second-order valence-electron chi connectivity index (χ2n) is 6.17. The highest BCUT2D eigenvalue weighted by Crippen LogP contribution is 2.38. The van der Waals surface area contributed by atoms with Crippen molar-refractivity contribution in [2.24, 2.45) is 0 Å². The van der Waals surface area contributed by atoms with E-state index in [2.05, 4.69) is 10.5 Å². The lowest BCUT2D eigenvalue weighted by Crippen LogP contribution is -2.41. The van der Waals surface area contributed by atoms with Gasteiger partial charge in [-0.3, -0.25) is 0 Å². The summed E-state index contributed by atoms with van der Waals surface area (Å²) in [5, 5.41) is 0. The van der Waals surface area contributed by atoms with Crippen LogP contribution in [0.2, 0.25) is 0 Å². The Morgan fingerprint density at radius 3 is 2.14 bits per heavy atom. The van der Waals surface area contributed by atoms with Gasteiger partial charge in [-0.1, -0.05) is 45.0 Å². The van der Waals surface area contributed by atoms with Crippen molar-refractivity contribution < 1.29 is 23.6 Å². The van der Waals surface area contributed by atoms with Crippen molar-refractivity contribution >= 4 is 5.69 Å². The van der Waals surface area contributed by atoms with Gasteiger partial charge in [-0.05, 0) is 29.2 Å². The van der Waals surface area contributed by atoms with Crippen LogP contribution in [0.25, 0.3) is 11.1 Å². The Kier molecular flexibility index (Phi) is 4.20. The molecule has 0 aliphatic carbocycles. The SMILES string of the molecule is CC(C)(C)c1ccc([NH3+])c(-c2ccccc2OC(F)(F)F)c1. The van der Waals surface area contributed by atoms with E-state index >= 15 is 0 Å². The van der Waals surface area contributed by atoms with Crippen molar-refractivity contribution in [3.8, 4) is 16.9 Å². The Morgan fingerprint density at radius 1 is 0.909 bits per heavy atom. The second kappa shape index (κ2) is 5.65. The van der Waals surface area contributed by atoms with Gasteiger partial charge in [0, 0.05) is 11.1 Å². The van der Waals surface area contributed by atoms with E-state index in [9.17, 15) is 13.2 Å². The first-order valence-corrected chi connectivity index (χ1v) is 6.89. The van der Waals surface area contributed by atoms with E-state index in [0.717, 1.165) is 5.56 Å². The largest absolute Gasteiger partial charge is 0.573 e. The summed E-state index contributed by atoms with van der Waals surface area (Å²) in [5.41, 5.74) is 6.53. The summed E-state index contributed by atoms with van der Waals surface area (Å²) in [6, 6.07) is 11.8. The van der Waals surface area contributed by atoms with E-state index in [1.165, 1.54) is 12.1 Å². The average Bonchev–Trinajstić information content (AvgIpc) is 2.37. The molecule has 0 spiro atoms. The Bertz CT molecular complexity index is 672. The van der Waals surface area contributed by atoms with Gasteiger partial charge in [0.05, 0.1) is 0 Å². The number of ether oxygens (including phenoxy) is 1. The lowest BCUT2D eigenvalue weighted by atomic mass is 9.85. The van der Waals surface area contributed by atoms with Gasteiger partial charge in [-0.2, -0.15) is 0 Å². The molecule has 5 heteroatoms. The second-order valence-corrected chi connectivity index (χ2v) is 6.17. The minimum absolute atomic E-state index is 0.109. The van der Waals surface area contributed by atoms with E-state index in [0.29, 0.717) is 16.8 Å². The van der Waals surface area contributed by atoms with Crippen molar-refractivity contribution in [2.45, 2.75) is 32.5 Å². The molecule has 0 fully saturated rings. The number of benzene rings is 2. The fourth-order valence-corrected chi connectivity index (χ4v) is 2.20. The lowest BCUT2D eigenvalue weighted by molar-refractivity contribution is -0.274. The number of quaternary nitrogens is 1.